The van der Waals surface area contributed by atoms with Gasteiger partial charge in [0.2, 0.25) is 0 Å². The number of nitrogens with two attached hydrogens (primary N) is 2. The Morgan fingerprint density at radius 3 is 2.69 bits per heavy atom. The first-order chi connectivity index (χ1) is 16.7. The van der Waals surface area contributed by atoms with Crippen LogP contribution in [0.5, 0.6) is 0 Å². The van der Waals surface area contributed by atoms with Crippen molar-refractivity contribution in [1.82, 2.24) is 14.6 Å². The summed E-state index contributed by atoms with van der Waals surface area (Å²) < 4.78 is 1.63. The first-order valence-corrected chi connectivity index (χ1v) is 12.4. The van der Waals surface area contributed by atoms with Crippen molar-refractivity contribution in [2.45, 2.75) is 58.9 Å². The fourth-order valence-corrected chi connectivity index (χ4v) is 4.73. The Labute approximate surface area is 207 Å². The molecule has 0 bridgehead atoms. The van der Waals surface area contributed by atoms with E-state index in [1.807, 2.05) is 31.3 Å². The molecule has 1 aliphatic heterocycles. The number of piperidine rings is 1. The molecule has 1 atom stereocenters. The number of aliphatic carboxylic acids is 1. The monoisotopic (exact) mass is 482 g/mol. The Morgan fingerprint density at radius 2 is 2.03 bits per heavy atom. The van der Waals surface area contributed by atoms with E-state index in [0.29, 0.717) is 30.1 Å². The van der Waals surface area contributed by atoms with Crippen molar-refractivity contribution in [2.75, 3.05) is 25.0 Å². The molecule has 190 valence electrons. The smallest absolute Gasteiger partial charge is 0.303 e. The number of aryl methyl sites for hydroxylation is 2. The maximum Gasteiger partial charge on any atom is 0.303 e. The minimum absolute atomic E-state index is 0.115. The number of carboxylic acid groups (broad SMARTS) is 1. The molecule has 3 heterocycles. The van der Waals surface area contributed by atoms with E-state index in [2.05, 4.69) is 11.8 Å². The van der Waals surface area contributed by atoms with E-state index in [1.54, 1.807) is 17.7 Å². The number of allylic oxidation sites excluding steroid dienone is 1. The molecule has 0 aliphatic carbocycles. The quantitative estimate of drug-likeness (QED) is 0.348. The Kier molecular flexibility index (Phi) is 8.92. The van der Waals surface area contributed by atoms with Crippen molar-refractivity contribution in [2.24, 2.45) is 17.5 Å². The molecule has 2 aromatic rings. The average molecular weight is 483 g/mol. The van der Waals surface area contributed by atoms with Crippen LogP contribution in [0.1, 0.15) is 56.5 Å². The number of hydrogen-bond donors (Lipinski definition) is 3. The average Bonchev–Trinajstić information content (AvgIpc) is 2.83. The van der Waals surface area contributed by atoms with Gasteiger partial charge in [-0.1, -0.05) is 26.3 Å². The van der Waals surface area contributed by atoms with Crippen LogP contribution in [0.4, 0.5) is 5.69 Å². The van der Waals surface area contributed by atoms with Gasteiger partial charge in [-0.2, -0.15) is 0 Å². The van der Waals surface area contributed by atoms with Crippen molar-refractivity contribution in [3.05, 3.63) is 63.5 Å². The van der Waals surface area contributed by atoms with E-state index < -0.39 is 5.97 Å². The molecule has 5 N–H and O–H groups in total. The van der Waals surface area contributed by atoms with Crippen LogP contribution in [0.25, 0.3) is 5.70 Å². The maximum absolute atomic E-state index is 12.5. The van der Waals surface area contributed by atoms with Crippen LogP contribution in [0.2, 0.25) is 0 Å². The number of nitrogens with zero attached hydrogens (tertiary/aromatic N) is 4. The Hall–Kier alpha value is -3.33. The second kappa shape index (κ2) is 11.9. The highest BCUT2D eigenvalue weighted by Crippen LogP contribution is 2.29. The number of carbonyl (C=O) groups is 1. The highest BCUT2D eigenvalue weighted by Gasteiger charge is 2.24. The molecular formula is C26H38N6O3. The summed E-state index contributed by atoms with van der Waals surface area (Å²) in [5, 5.41) is 10.6. The number of carboxylic acids is 1. The number of anilines is 1. The number of pyridine rings is 2. The third kappa shape index (κ3) is 6.63. The predicted octanol–water partition coefficient (Wildman–Crippen LogP) is 2.58. The van der Waals surface area contributed by atoms with Gasteiger partial charge in [0.25, 0.3) is 5.56 Å². The molecule has 1 aliphatic rings. The molecular weight excluding hydrogens is 444 g/mol. The lowest BCUT2D eigenvalue weighted by molar-refractivity contribution is -0.138. The highest BCUT2D eigenvalue weighted by molar-refractivity contribution is 5.67. The van der Waals surface area contributed by atoms with Gasteiger partial charge in [-0.05, 0) is 49.3 Å². The third-order valence-corrected chi connectivity index (χ3v) is 6.52. The molecule has 9 heteroatoms. The van der Waals surface area contributed by atoms with E-state index in [1.165, 1.54) is 5.01 Å². The summed E-state index contributed by atoms with van der Waals surface area (Å²) in [7, 11) is 1.70. The molecule has 0 saturated carbocycles. The minimum Gasteiger partial charge on any atom is -0.481 e. The summed E-state index contributed by atoms with van der Waals surface area (Å²) >= 11 is 0. The number of rotatable bonds is 10. The van der Waals surface area contributed by atoms with Crippen LogP contribution in [0.15, 0.2) is 41.0 Å². The molecule has 35 heavy (non-hydrogen) atoms. The normalized spacial score (nSPS) is 16.7. The number of hydrazine groups is 1. The van der Waals surface area contributed by atoms with Crippen LogP contribution in [0.3, 0.4) is 0 Å². The molecule has 3 rings (SSSR count). The van der Waals surface area contributed by atoms with Crippen molar-refractivity contribution >= 4 is 17.4 Å². The second-order valence-corrected chi connectivity index (χ2v) is 9.29. The standard InChI is InChI=1S/C26H38N6O3/c1-4-7-18-9-12-24(33)32(15-18)17-23(30(3)28)26(27)21-10-11-22(20(5-2)29-21)31-13-6-8-19(16-31)14-25(34)35/h9-12,15,19H,4-8,13-14,16-17,27-28H2,1-3H3,(H,34,35)/b26-23-. The first kappa shape index (κ1) is 26.3. The van der Waals surface area contributed by atoms with Gasteiger partial charge in [0.15, 0.2) is 0 Å². The van der Waals surface area contributed by atoms with Crippen LogP contribution in [-0.4, -0.2) is 45.8 Å². The van der Waals surface area contributed by atoms with Gasteiger partial charge in [-0.15, -0.1) is 0 Å². The summed E-state index contributed by atoms with van der Waals surface area (Å²) in [5.41, 5.74) is 11.1. The Bertz CT molecular complexity index is 1120. The molecule has 0 aromatic carbocycles. The maximum atomic E-state index is 12.5. The summed E-state index contributed by atoms with van der Waals surface area (Å²) in [5.74, 6) is 5.52. The second-order valence-electron chi connectivity index (χ2n) is 9.29. The largest absolute Gasteiger partial charge is 0.481 e. The molecule has 2 aromatic heterocycles. The van der Waals surface area contributed by atoms with Crippen LogP contribution in [0, 0.1) is 5.92 Å². The van der Waals surface area contributed by atoms with E-state index >= 15 is 0 Å². The van der Waals surface area contributed by atoms with Gasteiger partial charge in [-0.25, -0.2) is 10.8 Å². The lowest BCUT2D eigenvalue weighted by Crippen LogP contribution is -2.37. The molecule has 0 spiro atoms. The lowest BCUT2D eigenvalue weighted by Gasteiger charge is -2.35. The summed E-state index contributed by atoms with van der Waals surface area (Å²) in [6, 6.07) is 7.33. The van der Waals surface area contributed by atoms with Gasteiger partial charge >= 0.3 is 5.97 Å². The van der Waals surface area contributed by atoms with Gasteiger partial charge in [0.1, 0.15) is 0 Å². The molecule has 1 saturated heterocycles. The third-order valence-electron chi connectivity index (χ3n) is 6.52. The SMILES string of the molecule is CCCc1ccc(=O)n(C/C(=C(/N)c2ccc(N3CCCC(CC(=O)O)C3)c(CC)n2)N(C)N)c1. The fraction of sp³-hybridized carbons (Fsp3) is 0.500. The predicted molar refractivity (Wildman–Crippen MR) is 139 cm³/mol. The van der Waals surface area contributed by atoms with Gasteiger partial charge in [0, 0.05) is 38.8 Å². The van der Waals surface area contributed by atoms with Crippen molar-refractivity contribution in [3.8, 4) is 0 Å². The Balaban J connectivity index is 1.92. The molecule has 1 unspecified atom stereocenters. The van der Waals surface area contributed by atoms with Crippen LogP contribution >= 0.6 is 0 Å². The Morgan fingerprint density at radius 1 is 1.26 bits per heavy atom. The number of hydrogen-bond acceptors (Lipinski definition) is 7. The topological polar surface area (TPSA) is 131 Å². The summed E-state index contributed by atoms with van der Waals surface area (Å²) in [6.07, 6.45) is 6.52. The molecule has 9 nitrogen and oxygen atoms in total. The summed E-state index contributed by atoms with van der Waals surface area (Å²) in [4.78, 5) is 30.8. The van der Waals surface area contributed by atoms with E-state index in [0.717, 1.165) is 49.2 Å². The number of likely N-dealkylation sites (N-methyl/N-ethyl adjacent to an activating group) is 1. The van der Waals surface area contributed by atoms with Crippen LogP contribution in [-0.2, 0) is 24.2 Å². The van der Waals surface area contributed by atoms with E-state index in [9.17, 15) is 14.7 Å². The lowest BCUT2D eigenvalue weighted by atomic mass is 9.94. The van der Waals surface area contributed by atoms with E-state index in [-0.39, 0.29) is 24.4 Å². The van der Waals surface area contributed by atoms with Gasteiger partial charge in [0.05, 0.1) is 35.0 Å². The zero-order valence-corrected chi connectivity index (χ0v) is 21.0. The zero-order valence-electron chi connectivity index (χ0n) is 21.0. The van der Waals surface area contributed by atoms with Gasteiger partial charge < -0.3 is 25.3 Å². The van der Waals surface area contributed by atoms with Crippen molar-refractivity contribution < 1.29 is 9.90 Å². The van der Waals surface area contributed by atoms with Crippen molar-refractivity contribution in [3.63, 3.8) is 0 Å². The van der Waals surface area contributed by atoms with Crippen molar-refractivity contribution in [1.29, 1.82) is 0 Å². The molecule has 0 radical (unpaired) electrons. The zero-order chi connectivity index (χ0) is 25.5. The molecule has 1 fully saturated rings. The summed E-state index contributed by atoms with van der Waals surface area (Å²) in [6.45, 7) is 5.97. The minimum atomic E-state index is -0.753. The fourth-order valence-electron chi connectivity index (χ4n) is 4.73. The number of aromatic nitrogens is 2. The van der Waals surface area contributed by atoms with E-state index in [4.69, 9.17) is 16.6 Å². The van der Waals surface area contributed by atoms with Gasteiger partial charge in [-0.3, -0.25) is 9.59 Å². The van der Waals surface area contributed by atoms with Crippen LogP contribution < -0.4 is 22.0 Å². The highest BCUT2D eigenvalue weighted by atomic mass is 16.4. The first-order valence-electron chi connectivity index (χ1n) is 12.4. The molecule has 0 amide bonds.